The number of hydrogen-bond acceptors (Lipinski definition) is 6. The van der Waals surface area contributed by atoms with Crippen molar-refractivity contribution in [2.45, 2.75) is 6.92 Å². The van der Waals surface area contributed by atoms with E-state index in [1.165, 1.54) is 0 Å². The van der Waals surface area contributed by atoms with E-state index in [0.717, 1.165) is 35.9 Å². The topological polar surface area (TPSA) is 74.2 Å². The molecule has 7 nitrogen and oxygen atoms in total. The van der Waals surface area contributed by atoms with Crippen LogP contribution in [0.15, 0.2) is 66.9 Å². The van der Waals surface area contributed by atoms with E-state index in [0.29, 0.717) is 18.9 Å². The number of piperazine rings is 1. The number of aryl methyl sites for hydroxylation is 1. The zero-order valence-electron chi connectivity index (χ0n) is 16.9. The Morgan fingerprint density at radius 3 is 2.43 bits per heavy atom. The molecule has 0 atom stereocenters. The third-order valence-corrected chi connectivity index (χ3v) is 5.08. The number of nitrogens with zero attached hydrogens (tertiary/aromatic N) is 5. The Kier molecular flexibility index (Phi) is 5.98. The molecule has 4 rings (SSSR count). The highest BCUT2D eigenvalue weighted by Gasteiger charge is 2.20. The quantitative estimate of drug-likeness (QED) is 0.663. The molecule has 0 bridgehead atoms. The second kappa shape index (κ2) is 9.17. The lowest BCUT2D eigenvalue weighted by atomic mass is 10.1. The Balaban J connectivity index is 1.31. The van der Waals surface area contributed by atoms with Crippen molar-refractivity contribution in [2.75, 3.05) is 36.4 Å². The van der Waals surface area contributed by atoms with Gasteiger partial charge in [0.15, 0.2) is 11.6 Å². The molecule has 0 unspecified atom stereocenters. The Labute approximate surface area is 176 Å². The van der Waals surface area contributed by atoms with Crippen molar-refractivity contribution in [2.24, 2.45) is 0 Å². The van der Waals surface area contributed by atoms with Crippen LogP contribution in [0.5, 0.6) is 0 Å². The maximum atomic E-state index is 12.5. The van der Waals surface area contributed by atoms with Crippen LogP contribution in [0.25, 0.3) is 6.08 Å². The highest BCUT2D eigenvalue weighted by atomic mass is 16.2. The van der Waals surface area contributed by atoms with Crippen molar-refractivity contribution in [3.05, 3.63) is 78.0 Å². The van der Waals surface area contributed by atoms with Crippen molar-refractivity contribution in [1.29, 1.82) is 0 Å². The number of anilines is 3. The molecule has 1 aromatic carbocycles. The van der Waals surface area contributed by atoms with Crippen LogP contribution in [0.1, 0.15) is 11.1 Å². The van der Waals surface area contributed by atoms with Crippen molar-refractivity contribution < 1.29 is 4.79 Å². The van der Waals surface area contributed by atoms with E-state index in [1.807, 2.05) is 72.5 Å². The summed E-state index contributed by atoms with van der Waals surface area (Å²) in [7, 11) is 0. The zero-order chi connectivity index (χ0) is 20.8. The monoisotopic (exact) mass is 400 g/mol. The summed E-state index contributed by atoms with van der Waals surface area (Å²) in [6, 6.07) is 17.5. The van der Waals surface area contributed by atoms with Crippen LogP contribution in [0.2, 0.25) is 0 Å². The number of pyridine rings is 1. The third kappa shape index (κ3) is 4.81. The summed E-state index contributed by atoms with van der Waals surface area (Å²) >= 11 is 0. The van der Waals surface area contributed by atoms with Gasteiger partial charge < -0.3 is 15.1 Å². The minimum absolute atomic E-state index is 0.0406. The van der Waals surface area contributed by atoms with Crippen LogP contribution in [0.4, 0.5) is 17.5 Å². The molecule has 0 saturated carbocycles. The fourth-order valence-electron chi connectivity index (χ4n) is 3.32. The first-order valence-corrected chi connectivity index (χ1v) is 9.98. The predicted molar refractivity (Wildman–Crippen MR) is 119 cm³/mol. The summed E-state index contributed by atoms with van der Waals surface area (Å²) in [5.74, 6) is 2.22. The number of aromatic nitrogens is 3. The van der Waals surface area contributed by atoms with Gasteiger partial charge in [-0.2, -0.15) is 0 Å². The molecule has 1 saturated heterocycles. The molecule has 152 valence electrons. The smallest absolute Gasteiger partial charge is 0.246 e. The summed E-state index contributed by atoms with van der Waals surface area (Å²) in [6.07, 6.45) is 5.28. The summed E-state index contributed by atoms with van der Waals surface area (Å²) in [4.78, 5) is 20.8. The zero-order valence-corrected chi connectivity index (χ0v) is 16.9. The number of amides is 1. The molecule has 1 aliphatic rings. The molecule has 1 N–H and O–H groups in total. The molecular formula is C23H24N6O. The van der Waals surface area contributed by atoms with E-state index in [1.54, 1.807) is 12.3 Å². The van der Waals surface area contributed by atoms with Gasteiger partial charge in [-0.25, -0.2) is 4.98 Å². The van der Waals surface area contributed by atoms with E-state index in [-0.39, 0.29) is 5.91 Å². The SMILES string of the molecule is Cc1ccccc1/C=C/C(=O)N1CCN(c2ccc(Nc3ccccn3)nn2)CC1. The first-order valence-electron chi connectivity index (χ1n) is 9.98. The van der Waals surface area contributed by atoms with Gasteiger partial charge in [0.05, 0.1) is 0 Å². The summed E-state index contributed by atoms with van der Waals surface area (Å²) in [5.41, 5.74) is 2.23. The Hall–Kier alpha value is -3.74. The average molecular weight is 400 g/mol. The second-order valence-corrected chi connectivity index (χ2v) is 7.12. The number of carbonyl (C=O) groups is 1. The number of nitrogens with one attached hydrogen (secondary N) is 1. The van der Waals surface area contributed by atoms with Gasteiger partial charge in [-0.05, 0) is 48.4 Å². The molecule has 30 heavy (non-hydrogen) atoms. The fourth-order valence-corrected chi connectivity index (χ4v) is 3.32. The van der Waals surface area contributed by atoms with Gasteiger partial charge in [0.2, 0.25) is 5.91 Å². The molecule has 3 heterocycles. The van der Waals surface area contributed by atoms with Gasteiger partial charge in [0.1, 0.15) is 5.82 Å². The van der Waals surface area contributed by atoms with Crippen molar-refractivity contribution in [3.8, 4) is 0 Å². The number of rotatable bonds is 5. The molecule has 0 aliphatic carbocycles. The van der Waals surface area contributed by atoms with E-state index < -0.39 is 0 Å². The van der Waals surface area contributed by atoms with Crippen LogP contribution in [-0.2, 0) is 4.79 Å². The standard InChI is InChI=1S/C23H24N6O/c1-18-6-2-3-7-19(18)9-12-23(30)29-16-14-28(15-17-29)22-11-10-21(26-27-22)25-20-8-4-5-13-24-20/h2-13H,14-17H2,1H3,(H,24,25,26)/b12-9+. The third-order valence-electron chi connectivity index (χ3n) is 5.08. The van der Waals surface area contributed by atoms with Crippen molar-refractivity contribution in [3.63, 3.8) is 0 Å². The minimum Gasteiger partial charge on any atom is -0.352 e. The summed E-state index contributed by atoms with van der Waals surface area (Å²) in [6.45, 7) is 4.82. The Morgan fingerprint density at radius 1 is 0.933 bits per heavy atom. The molecule has 0 spiro atoms. The van der Waals surface area contributed by atoms with Crippen LogP contribution >= 0.6 is 0 Å². The second-order valence-electron chi connectivity index (χ2n) is 7.12. The Bertz CT molecular complexity index is 1010. The summed E-state index contributed by atoms with van der Waals surface area (Å²) in [5, 5.41) is 11.7. The molecule has 3 aromatic rings. The predicted octanol–water partition coefficient (Wildman–Crippen LogP) is 3.29. The van der Waals surface area contributed by atoms with Crippen LogP contribution in [0.3, 0.4) is 0 Å². The lowest BCUT2D eigenvalue weighted by Gasteiger charge is -2.34. The largest absolute Gasteiger partial charge is 0.352 e. The Morgan fingerprint density at radius 2 is 1.73 bits per heavy atom. The fraction of sp³-hybridized carbons (Fsp3) is 0.217. The van der Waals surface area contributed by atoms with Crippen LogP contribution in [-0.4, -0.2) is 52.2 Å². The highest BCUT2D eigenvalue weighted by Crippen LogP contribution is 2.17. The number of benzene rings is 1. The van der Waals surface area contributed by atoms with Crippen molar-refractivity contribution >= 4 is 29.4 Å². The average Bonchev–Trinajstić information content (AvgIpc) is 2.80. The molecule has 1 fully saturated rings. The van der Waals surface area contributed by atoms with Gasteiger partial charge in [-0.15, -0.1) is 10.2 Å². The van der Waals surface area contributed by atoms with Crippen molar-refractivity contribution in [1.82, 2.24) is 20.1 Å². The maximum absolute atomic E-state index is 12.5. The van der Waals surface area contributed by atoms with E-state index >= 15 is 0 Å². The first kappa shape index (κ1) is 19.6. The molecule has 7 heteroatoms. The van der Waals surface area contributed by atoms with Gasteiger partial charge >= 0.3 is 0 Å². The number of hydrogen-bond donors (Lipinski definition) is 1. The first-order chi connectivity index (χ1) is 14.7. The number of carbonyl (C=O) groups excluding carboxylic acids is 1. The lowest BCUT2D eigenvalue weighted by Crippen LogP contribution is -2.48. The maximum Gasteiger partial charge on any atom is 0.246 e. The van der Waals surface area contributed by atoms with Gasteiger partial charge in [-0.3, -0.25) is 4.79 Å². The minimum atomic E-state index is 0.0406. The summed E-state index contributed by atoms with van der Waals surface area (Å²) < 4.78 is 0. The van der Waals surface area contributed by atoms with Crippen LogP contribution < -0.4 is 10.2 Å². The van der Waals surface area contributed by atoms with Gasteiger partial charge in [0.25, 0.3) is 0 Å². The molecular weight excluding hydrogens is 376 g/mol. The van der Waals surface area contributed by atoms with E-state index in [9.17, 15) is 4.79 Å². The van der Waals surface area contributed by atoms with E-state index in [2.05, 4.69) is 25.4 Å². The van der Waals surface area contributed by atoms with Gasteiger partial charge in [0, 0.05) is 38.5 Å². The molecule has 0 radical (unpaired) electrons. The molecule has 1 aliphatic heterocycles. The van der Waals surface area contributed by atoms with Crippen LogP contribution in [0, 0.1) is 6.92 Å². The van der Waals surface area contributed by atoms with Gasteiger partial charge in [-0.1, -0.05) is 30.3 Å². The molecule has 2 aromatic heterocycles. The molecule has 1 amide bonds. The lowest BCUT2D eigenvalue weighted by molar-refractivity contribution is -0.126. The normalized spacial score (nSPS) is 14.2. The highest BCUT2D eigenvalue weighted by molar-refractivity contribution is 5.92. The van der Waals surface area contributed by atoms with E-state index in [4.69, 9.17) is 0 Å².